The van der Waals surface area contributed by atoms with Crippen molar-refractivity contribution in [2.45, 2.75) is 18.2 Å². The molecule has 1 aromatic carbocycles. The van der Waals surface area contributed by atoms with Crippen molar-refractivity contribution in [3.05, 3.63) is 41.9 Å². The van der Waals surface area contributed by atoms with Gasteiger partial charge in [0, 0.05) is 23.1 Å². The number of carbonyl (C=O) groups is 1. The van der Waals surface area contributed by atoms with Crippen LogP contribution in [0.3, 0.4) is 0 Å². The van der Waals surface area contributed by atoms with Gasteiger partial charge in [-0.2, -0.15) is 0 Å². The second kappa shape index (κ2) is 6.38. The second-order valence-electron chi connectivity index (χ2n) is 3.90. The number of aryl methyl sites for hydroxylation is 1. The first-order chi connectivity index (χ1) is 9.15. The number of thioether (sulfide) groups is 1. The summed E-state index contributed by atoms with van der Waals surface area (Å²) < 4.78 is 18.2. The first-order valence-corrected chi connectivity index (χ1v) is 6.74. The summed E-state index contributed by atoms with van der Waals surface area (Å²) in [6.45, 7) is 1.75. The lowest BCUT2D eigenvalue weighted by molar-refractivity contribution is -0.115. The van der Waals surface area contributed by atoms with Crippen molar-refractivity contribution < 1.29 is 13.7 Å². The Balaban J connectivity index is 1.77. The number of benzene rings is 1. The summed E-state index contributed by atoms with van der Waals surface area (Å²) in [7, 11) is 0. The minimum atomic E-state index is -0.264. The molecule has 2 rings (SSSR count). The Labute approximate surface area is 114 Å². The van der Waals surface area contributed by atoms with E-state index in [1.54, 1.807) is 31.2 Å². The molecular formula is C13H13FN2O2S. The van der Waals surface area contributed by atoms with E-state index in [1.807, 2.05) is 0 Å². The van der Waals surface area contributed by atoms with Gasteiger partial charge in [-0.25, -0.2) is 4.39 Å². The van der Waals surface area contributed by atoms with Gasteiger partial charge in [-0.3, -0.25) is 4.79 Å². The van der Waals surface area contributed by atoms with E-state index in [1.165, 1.54) is 17.8 Å². The normalized spacial score (nSPS) is 10.4. The van der Waals surface area contributed by atoms with Crippen molar-refractivity contribution in [3.63, 3.8) is 0 Å². The third-order valence-electron chi connectivity index (χ3n) is 2.32. The fraction of sp³-hybridized carbons (Fsp3) is 0.231. The molecule has 0 aliphatic heterocycles. The zero-order valence-electron chi connectivity index (χ0n) is 10.4. The van der Waals surface area contributed by atoms with Gasteiger partial charge >= 0.3 is 0 Å². The van der Waals surface area contributed by atoms with Gasteiger partial charge in [0.2, 0.25) is 5.91 Å². The standard InChI is InChI=1S/C13H13FN2O2S/c1-9-8-12(16-18-9)15-13(17)6-7-19-11-5-3-2-4-10(11)14/h2-5,8H,6-7H2,1H3,(H,15,16,17). The third-order valence-corrected chi connectivity index (χ3v) is 3.37. The van der Waals surface area contributed by atoms with E-state index in [0.29, 0.717) is 22.2 Å². The number of anilines is 1. The third kappa shape index (κ3) is 4.10. The summed E-state index contributed by atoms with van der Waals surface area (Å²) >= 11 is 1.31. The zero-order chi connectivity index (χ0) is 13.7. The number of hydrogen-bond donors (Lipinski definition) is 1. The Morgan fingerprint density at radius 2 is 2.26 bits per heavy atom. The maximum absolute atomic E-state index is 13.3. The van der Waals surface area contributed by atoms with E-state index in [4.69, 9.17) is 4.52 Å². The van der Waals surface area contributed by atoms with Crippen LogP contribution in [0.5, 0.6) is 0 Å². The predicted octanol–water partition coefficient (Wildman–Crippen LogP) is 3.24. The van der Waals surface area contributed by atoms with Gasteiger partial charge in [-0.15, -0.1) is 11.8 Å². The summed E-state index contributed by atoms with van der Waals surface area (Å²) in [4.78, 5) is 12.1. The van der Waals surface area contributed by atoms with Crippen LogP contribution in [0.15, 0.2) is 39.8 Å². The van der Waals surface area contributed by atoms with Crippen molar-refractivity contribution in [1.82, 2.24) is 5.16 Å². The van der Waals surface area contributed by atoms with Crippen LogP contribution >= 0.6 is 11.8 Å². The Morgan fingerprint density at radius 3 is 2.95 bits per heavy atom. The molecular weight excluding hydrogens is 267 g/mol. The van der Waals surface area contributed by atoms with Crippen molar-refractivity contribution in [2.24, 2.45) is 0 Å². The van der Waals surface area contributed by atoms with Gasteiger partial charge in [0.05, 0.1) is 0 Å². The lowest BCUT2D eigenvalue weighted by Gasteiger charge is -2.03. The van der Waals surface area contributed by atoms with Gasteiger partial charge in [-0.05, 0) is 19.1 Å². The molecule has 0 aliphatic carbocycles. The average molecular weight is 280 g/mol. The SMILES string of the molecule is Cc1cc(NC(=O)CCSc2ccccc2F)no1. The Hall–Kier alpha value is -1.82. The van der Waals surface area contributed by atoms with Crippen LogP contribution in [-0.2, 0) is 4.79 Å². The molecule has 2 aromatic rings. The quantitative estimate of drug-likeness (QED) is 0.854. The molecule has 4 nitrogen and oxygen atoms in total. The number of hydrogen-bond acceptors (Lipinski definition) is 4. The van der Waals surface area contributed by atoms with Crippen molar-refractivity contribution in [1.29, 1.82) is 0 Å². The minimum Gasteiger partial charge on any atom is -0.360 e. The first kappa shape index (κ1) is 13.6. The molecule has 0 bridgehead atoms. The van der Waals surface area contributed by atoms with Crippen LogP contribution in [0.1, 0.15) is 12.2 Å². The molecule has 6 heteroatoms. The molecule has 0 saturated heterocycles. The van der Waals surface area contributed by atoms with Crippen molar-refractivity contribution in [2.75, 3.05) is 11.1 Å². The predicted molar refractivity (Wildman–Crippen MR) is 71.6 cm³/mol. The van der Waals surface area contributed by atoms with Gasteiger partial charge < -0.3 is 9.84 Å². The summed E-state index contributed by atoms with van der Waals surface area (Å²) in [5.41, 5.74) is 0. The molecule has 1 aromatic heterocycles. The lowest BCUT2D eigenvalue weighted by atomic mass is 10.3. The number of halogens is 1. The molecule has 0 radical (unpaired) electrons. The van der Waals surface area contributed by atoms with E-state index in [9.17, 15) is 9.18 Å². The molecule has 0 unspecified atom stereocenters. The van der Waals surface area contributed by atoms with Gasteiger partial charge in [0.1, 0.15) is 11.6 Å². The zero-order valence-corrected chi connectivity index (χ0v) is 11.2. The largest absolute Gasteiger partial charge is 0.360 e. The van der Waals surface area contributed by atoms with Crippen molar-refractivity contribution >= 4 is 23.5 Å². The number of nitrogens with one attached hydrogen (secondary N) is 1. The number of carbonyl (C=O) groups excluding carboxylic acids is 1. The summed E-state index contributed by atoms with van der Waals surface area (Å²) in [5.74, 6) is 1.11. The van der Waals surface area contributed by atoms with E-state index >= 15 is 0 Å². The van der Waals surface area contributed by atoms with E-state index < -0.39 is 0 Å². The minimum absolute atomic E-state index is 0.169. The Bertz CT molecular complexity index is 571. The summed E-state index contributed by atoms with van der Waals surface area (Å²) in [6, 6.07) is 8.14. The van der Waals surface area contributed by atoms with E-state index in [0.717, 1.165) is 0 Å². The summed E-state index contributed by atoms with van der Waals surface area (Å²) in [6.07, 6.45) is 0.283. The topological polar surface area (TPSA) is 55.1 Å². The highest BCUT2D eigenvalue weighted by Crippen LogP contribution is 2.21. The molecule has 0 saturated carbocycles. The smallest absolute Gasteiger partial charge is 0.226 e. The average Bonchev–Trinajstić information content (AvgIpc) is 2.77. The molecule has 100 valence electrons. The second-order valence-corrected chi connectivity index (χ2v) is 5.04. The molecule has 1 heterocycles. The molecule has 1 N–H and O–H groups in total. The van der Waals surface area contributed by atoms with Gasteiger partial charge in [0.25, 0.3) is 0 Å². The molecule has 19 heavy (non-hydrogen) atoms. The van der Waals surface area contributed by atoms with E-state index in [2.05, 4.69) is 10.5 Å². The van der Waals surface area contributed by atoms with Crippen molar-refractivity contribution in [3.8, 4) is 0 Å². The number of amides is 1. The fourth-order valence-corrected chi connectivity index (χ4v) is 2.33. The highest BCUT2D eigenvalue weighted by molar-refractivity contribution is 7.99. The highest BCUT2D eigenvalue weighted by Gasteiger charge is 2.07. The molecule has 0 fully saturated rings. The number of nitrogens with zero attached hydrogens (tertiary/aromatic N) is 1. The van der Waals surface area contributed by atoms with Gasteiger partial charge in [0.15, 0.2) is 5.82 Å². The molecule has 0 aliphatic rings. The maximum Gasteiger partial charge on any atom is 0.226 e. The van der Waals surface area contributed by atoms with Crippen LogP contribution < -0.4 is 5.32 Å². The van der Waals surface area contributed by atoms with Crippen LogP contribution in [0.2, 0.25) is 0 Å². The maximum atomic E-state index is 13.3. The highest BCUT2D eigenvalue weighted by atomic mass is 32.2. The number of aromatic nitrogens is 1. The first-order valence-electron chi connectivity index (χ1n) is 5.75. The fourth-order valence-electron chi connectivity index (χ4n) is 1.45. The van der Waals surface area contributed by atoms with Crippen LogP contribution in [0.4, 0.5) is 10.2 Å². The molecule has 0 spiro atoms. The Kier molecular flexibility index (Phi) is 4.57. The monoisotopic (exact) mass is 280 g/mol. The van der Waals surface area contributed by atoms with Crippen LogP contribution in [-0.4, -0.2) is 16.8 Å². The van der Waals surface area contributed by atoms with E-state index in [-0.39, 0.29) is 18.1 Å². The van der Waals surface area contributed by atoms with Crippen LogP contribution in [0, 0.1) is 12.7 Å². The number of rotatable bonds is 5. The Morgan fingerprint density at radius 1 is 1.47 bits per heavy atom. The van der Waals surface area contributed by atoms with Crippen LogP contribution in [0.25, 0.3) is 0 Å². The molecule has 1 amide bonds. The molecule has 0 atom stereocenters. The van der Waals surface area contributed by atoms with Gasteiger partial charge in [-0.1, -0.05) is 17.3 Å². The lowest BCUT2D eigenvalue weighted by Crippen LogP contribution is -2.12. The summed E-state index contributed by atoms with van der Waals surface area (Å²) in [5, 5.41) is 6.28.